The van der Waals surface area contributed by atoms with Gasteiger partial charge in [-0.25, -0.2) is 0 Å². The molecule has 0 saturated carbocycles. The third-order valence-electron chi connectivity index (χ3n) is 3.82. The van der Waals surface area contributed by atoms with Crippen molar-refractivity contribution in [2.24, 2.45) is 0 Å². The largest absolute Gasteiger partial charge is 0.435 e. The van der Waals surface area contributed by atoms with E-state index in [-0.39, 0.29) is 12.6 Å². The van der Waals surface area contributed by atoms with Crippen LogP contribution in [0.4, 0.5) is 13.2 Å². The highest BCUT2D eigenvalue weighted by Crippen LogP contribution is 2.27. The van der Waals surface area contributed by atoms with Crippen LogP contribution in [-0.2, 0) is 12.8 Å². The third-order valence-corrected chi connectivity index (χ3v) is 3.82. The number of amides is 1. The monoisotopic (exact) mass is 339 g/mol. The van der Waals surface area contributed by atoms with Crippen LogP contribution in [0.2, 0.25) is 0 Å². The van der Waals surface area contributed by atoms with Crippen LogP contribution >= 0.6 is 0 Å². The standard InChI is InChI=1S/C15H16F3N5O/c16-15(17,18)13-4-6-23(20-13)11-21-7-9-22(10-8-21)14(24)12-3-1-2-5-19-12/h1-6H,7-11H2. The second kappa shape index (κ2) is 6.60. The lowest BCUT2D eigenvalue weighted by atomic mass is 10.2. The van der Waals surface area contributed by atoms with E-state index in [1.165, 1.54) is 10.9 Å². The maximum atomic E-state index is 12.5. The Kier molecular flexibility index (Phi) is 4.52. The molecule has 0 aliphatic carbocycles. The van der Waals surface area contributed by atoms with E-state index in [9.17, 15) is 18.0 Å². The Hall–Kier alpha value is -2.42. The average molecular weight is 339 g/mol. The Morgan fingerprint density at radius 2 is 1.88 bits per heavy atom. The summed E-state index contributed by atoms with van der Waals surface area (Å²) in [5, 5.41) is 3.54. The minimum absolute atomic E-state index is 0.131. The van der Waals surface area contributed by atoms with Gasteiger partial charge in [0.2, 0.25) is 0 Å². The van der Waals surface area contributed by atoms with Gasteiger partial charge < -0.3 is 4.90 Å². The maximum Gasteiger partial charge on any atom is 0.435 e. The van der Waals surface area contributed by atoms with E-state index >= 15 is 0 Å². The average Bonchev–Trinajstić information content (AvgIpc) is 3.05. The first-order chi connectivity index (χ1) is 11.4. The number of aromatic nitrogens is 3. The van der Waals surface area contributed by atoms with Crippen molar-refractivity contribution in [1.82, 2.24) is 24.6 Å². The van der Waals surface area contributed by atoms with Crippen LogP contribution in [0.1, 0.15) is 16.2 Å². The molecule has 128 valence electrons. The van der Waals surface area contributed by atoms with Crippen LogP contribution in [0.25, 0.3) is 0 Å². The molecule has 0 bridgehead atoms. The first-order valence-electron chi connectivity index (χ1n) is 7.47. The molecule has 24 heavy (non-hydrogen) atoms. The van der Waals surface area contributed by atoms with Gasteiger partial charge in [-0.2, -0.15) is 18.3 Å². The van der Waals surface area contributed by atoms with Gasteiger partial charge in [0, 0.05) is 38.6 Å². The number of alkyl halides is 3. The van der Waals surface area contributed by atoms with Gasteiger partial charge in [0.1, 0.15) is 5.69 Å². The van der Waals surface area contributed by atoms with Crippen LogP contribution in [0, 0.1) is 0 Å². The highest BCUT2D eigenvalue weighted by Gasteiger charge is 2.33. The van der Waals surface area contributed by atoms with E-state index in [0.717, 1.165) is 6.07 Å². The van der Waals surface area contributed by atoms with E-state index < -0.39 is 11.9 Å². The van der Waals surface area contributed by atoms with Crippen molar-refractivity contribution in [3.8, 4) is 0 Å². The molecule has 2 aromatic rings. The summed E-state index contributed by atoms with van der Waals surface area (Å²) in [6, 6.07) is 6.12. The Morgan fingerprint density at radius 1 is 1.12 bits per heavy atom. The van der Waals surface area contributed by atoms with E-state index in [1.54, 1.807) is 29.3 Å². The van der Waals surface area contributed by atoms with Crippen molar-refractivity contribution in [1.29, 1.82) is 0 Å². The van der Waals surface area contributed by atoms with Gasteiger partial charge in [0.15, 0.2) is 5.69 Å². The molecular formula is C15H16F3N5O. The van der Waals surface area contributed by atoms with Gasteiger partial charge in [-0.3, -0.25) is 19.4 Å². The molecule has 1 saturated heterocycles. The Bertz CT molecular complexity index is 693. The van der Waals surface area contributed by atoms with Gasteiger partial charge in [0.05, 0.1) is 6.67 Å². The number of pyridine rings is 1. The number of carbonyl (C=O) groups excluding carboxylic acids is 1. The minimum atomic E-state index is -4.43. The van der Waals surface area contributed by atoms with E-state index in [0.29, 0.717) is 31.9 Å². The predicted octanol–water partition coefficient (Wildman–Crippen LogP) is 1.71. The van der Waals surface area contributed by atoms with Crippen molar-refractivity contribution in [2.75, 3.05) is 26.2 Å². The molecule has 0 aromatic carbocycles. The molecule has 2 aromatic heterocycles. The second-order valence-corrected chi connectivity index (χ2v) is 5.50. The van der Waals surface area contributed by atoms with Crippen molar-refractivity contribution < 1.29 is 18.0 Å². The molecule has 6 nitrogen and oxygen atoms in total. The quantitative estimate of drug-likeness (QED) is 0.854. The number of piperazine rings is 1. The normalized spacial score (nSPS) is 16.4. The molecule has 0 atom stereocenters. The van der Waals surface area contributed by atoms with Crippen molar-refractivity contribution in [3.63, 3.8) is 0 Å². The highest BCUT2D eigenvalue weighted by atomic mass is 19.4. The summed E-state index contributed by atoms with van der Waals surface area (Å²) in [6.45, 7) is 2.41. The lowest BCUT2D eigenvalue weighted by molar-refractivity contribution is -0.141. The van der Waals surface area contributed by atoms with E-state index in [4.69, 9.17) is 0 Å². The van der Waals surface area contributed by atoms with Crippen molar-refractivity contribution in [3.05, 3.63) is 48.0 Å². The van der Waals surface area contributed by atoms with Crippen LogP contribution in [0.15, 0.2) is 36.7 Å². The van der Waals surface area contributed by atoms with E-state index in [1.807, 2.05) is 4.90 Å². The summed E-state index contributed by atoms with van der Waals surface area (Å²) in [5.41, 5.74) is -0.501. The van der Waals surface area contributed by atoms with Crippen LogP contribution in [-0.4, -0.2) is 56.7 Å². The Morgan fingerprint density at radius 3 is 2.46 bits per heavy atom. The fourth-order valence-electron chi connectivity index (χ4n) is 2.54. The minimum Gasteiger partial charge on any atom is -0.335 e. The molecule has 1 fully saturated rings. The number of rotatable bonds is 3. The number of halogens is 3. The number of hydrogen-bond donors (Lipinski definition) is 0. The topological polar surface area (TPSA) is 54.3 Å². The lowest BCUT2D eigenvalue weighted by Crippen LogP contribution is -2.49. The second-order valence-electron chi connectivity index (χ2n) is 5.50. The molecule has 9 heteroatoms. The lowest BCUT2D eigenvalue weighted by Gasteiger charge is -2.34. The molecule has 0 unspecified atom stereocenters. The summed E-state index contributed by atoms with van der Waals surface area (Å²) in [5.74, 6) is -0.131. The molecular weight excluding hydrogens is 323 g/mol. The molecule has 3 heterocycles. The zero-order valence-corrected chi connectivity index (χ0v) is 12.8. The molecule has 0 N–H and O–H groups in total. The smallest absolute Gasteiger partial charge is 0.335 e. The number of carbonyl (C=O) groups is 1. The van der Waals surface area contributed by atoms with Crippen LogP contribution in [0.5, 0.6) is 0 Å². The van der Waals surface area contributed by atoms with Gasteiger partial charge in [0.25, 0.3) is 5.91 Å². The van der Waals surface area contributed by atoms with Crippen molar-refractivity contribution in [2.45, 2.75) is 12.8 Å². The summed E-state index contributed by atoms with van der Waals surface area (Å²) < 4.78 is 38.9. The van der Waals surface area contributed by atoms with Crippen molar-refractivity contribution >= 4 is 5.91 Å². The summed E-state index contributed by atoms with van der Waals surface area (Å²) in [4.78, 5) is 20.0. The fourth-order valence-corrected chi connectivity index (χ4v) is 2.54. The first kappa shape index (κ1) is 16.4. The molecule has 1 aliphatic heterocycles. The van der Waals surface area contributed by atoms with Gasteiger partial charge >= 0.3 is 6.18 Å². The zero-order chi connectivity index (χ0) is 17.2. The summed E-state index contributed by atoms with van der Waals surface area (Å²) in [6.07, 6.45) is -1.55. The molecule has 1 amide bonds. The zero-order valence-electron chi connectivity index (χ0n) is 12.8. The first-order valence-corrected chi connectivity index (χ1v) is 7.47. The fraction of sp³-hybridized carbons (Fsp3) is 0.400. The SMILES string of the molecule is O=C(c1ccccn1)N1CCN(Cn2ccc(C(F)(F)F)n2)CC1. The molecule has 1 aliphatic rings. The maximum absolute atomic E-state index is 12.5. The number of hydrogen-bond acceptors (Lipinski definition) is 4. The Balaban J connectivity index is 1.54. The molecule has 3 rings (SSSR count). The van der Waals surface area contributed by atoms with Gasteiger partial charge in [-0.1, -0.05) is 6.07 Å². The van der Waals surface area contributed by atoms with Gasteiger partial charge in [-0.05, 0) is 18.2 Å². The number of nitrogens with zero attached hydrogens (tertiary/aromatic N) is 5. The summed E-state index contributed by atoms with van der Waals surface area (Å²) in [7, 11) is 0. The summed E-state index contributed by atoms with van der Waals surface area (Å²) >= 11 is 0. The van der Waals surface area contributed by atoms with E-state index in [2.05, 4.69) is 10.1 Å². The molecule has 0 spiro atoms. The van der Waals surface area contributed by atoms with Crippen LogP contribution in [0.3, 0.4) is 0 Å². The predicted molar refractivity (Wildman–Crippen MR) is 78.9 cm³/mol. The van der Waals surface area contributed by atoms with Crippen LogP contribution < -0.4 is 0 Å². The Labute approximate surface area is 136 Å². The van der Waals surface area contributed by atoms with Gasteiger partial charge in [-0.15, -0.1) is 0 Å². The molecule has 0 radical (unpaired) electrons. The highest BCUT2D eigenvalue weighted by molar-refractivity contribution is 5.92. The third kappa shape index (κ3) is 3.73.